The van der Waals surface area contributed by atoms with Crippen molar-refractivity contribution in [3.63, 3.8) is 0 Å². The molecule has 0 atom stereocenters. The van der Waals surface area contributed by atoms with Gasteiger partial charge in [0.15, 0.2) is 21.9 Å². The molecule has 0 amide bonds. The Morgan fingerprint density at radius 3 is 2.31 bits per heavy atom. The van der Waals surface area contributed by atoms with Crippen LogP contribution < -0.4 is 0 Å². The second kappa shape index (κ2) is 9.99. The van der Waals surface area contributed by atoms with Crippen LogP contribution in [0.5, 0.6) is 0 Å². The number of aldehydes is 1. The first-order valence-corrected chi connectivity index (χ1v) is 13.1. The Bertz CT molecular complexity index is 1360. The van der Waals surface area contributed by atoms with Gasteiger partial charge in [-0.2, -0.15) is 0 Å². The van der Waals surface area contributed by atoms with Gasteiger partial charge in [0.25, 0.3) is 0 Å². The highest BCUT2D eigenvalue weighted by atomic mass is 35.5. The molecule has 35 heavy (non-hydrogen) atoms. The summed E-state index contributed by atoms with van der Waals surface area (Å²) < 4.78 is 55.2. The molecule has 1 fully saturated rings. The molecule has 0 unspecified atom stereocenters. The maximum atomic E-state index is 15.0. The summed E-state index contributed by atoms with van der Waals surface area (Å²) in [5, 5.41) is 0.354. The lowest BCUT2D eigenvalue weighted by molar-refractivity contribution is 0.0939. The molecule has 0 saturated heterocycles. The van der Waals surface area contributed by atoms with Crippen LogP contribution in [0.2, 0.25) is 5.02 Å². The Kier molecular flexibility index (Phi) is 7.20. The van der Waals surface area contributed by atoms with Gasteiger partial charge in [0, 0.05) is 28.1 Å². The lowest BCUT2D eigenvalue weighted by Gasteiger charge is -2.40. The van der Waals surface area contributed by atoms with E-state index in [1.165, 1.54) is 24.3 Å². The molecule has 0 spiro atoms. The number of Topliss-reactive ketones (excluding diaryl/α,β-unsaturated/α-hetero) is 1. The van der Waals surface area contributed by atoms with Crippen LogP contribution in [0.15, 0.2) is 71.6 Å². The van der Waals surface area contributed by atoms with E-state index in [0.29, 0.717) is 35.3 Å². The van der Waals surface area contributed by atoms with Crippen LogP contribution in [0.1, 0.15) is 58.4 Å². The number of sulfone groups is 1. The van der Waals surface area contributed by atoms with Gasteiger partial charge in [0.1, 0.15) is 16.4 Å². The van der Waals surface area contributed by atoms with E-state index in [1.807, 2.05) is 0 Å². The molecule has 0 N–H and O–H groups in total. The third-order valence-electron chi connectivity index (χ3n) is 6.83. The van der Waals surface area contributed by atoms with E-state index in [9.17, 15) is 26.8 Å². The SMILES string of the molecule is O=Cc1ccccc1C(=O)CC1CCC(c2cc(F)ccc2F)(S(=O)(=O)c2ccc(Cl)cc2)CC1. The smallest absolute Gasteiger partial charge is 0.188 e. The van der Waals surface area contributed by atoms with Crippen LogP contribution in [0.4, 0.5) is 8.78 Å². The zero-order chi connectivity index (χ0) is 25.2. The molecule has 3 aromatic rings. The third kappa shape index (κ3) is 4.80. The van der Waals surface area contributed by atoms with Crippen molar-refractivity contribution in [2.24, 2.45) is 5.92 Å². The van der Waals surface area contributed by atoms with E-state index in [1.54, 1.807) is 24.3 Å². The number of carbonyl (C=O) groups excluding carboxylic acids is 2. The van der Waals surface area contributed by atoms with Gasteiger partial charge in [0.2, 0.25) is 0 Å². The van der Waals surface area contributed by atoms with Crippen molar-refractivity contribution >= 4 is 33.5 Å². The Morgan fingerprint density at radius 2 is 1.66 bits per heavy atom. The summed E-state index contributed by atoms with van der Waals surface area (Å²) in [6.07, 6.45) is 1.44. The highest BCUT2D eigenvalue weighted by molar-refractivity contribution is 7.92. The third-order valence-corrected chi connectivity index (χ3v) is 9.63. The van der Waals surface area contributed by atoms with E-state index < -0.39 is 26.2 Å². The number of rotatable bonds is 7. The fraction of sp³-hybridized carbons (Fsp3) is 0.259. The molecule has 0 radical (unpaired) electrons. The van der Waals surface area contributed by atoms with E-state index in [-0.39, 0.29) is 41.4 Å². The van der Waals surface area contributed by atoms with Crippen molar-refractivity contribution in [3.05, 3.63) is 100 Å². The van der Waals surface area contributed by atoms with Crippen molar-refractivity contribution in [2.45, 2.75) is 41.7 Å². The zero-order valence-corrected chi connectivity index (χ0v) is 20.3. The largest absolute Gasteiger partial charge is 0.298 e. The number of hydrogen-bond acceptors (Lipinski definition) is 4. The molecule has 1 saturated carbocycles. The monoisotopic (exact) mass is 516 g/mol. The fourth-order valence-electron chi connectivity index (χ4n) is 4.94. The van der Waals surface area contributed by atoms with Gasteiger partial charge in [-0.25, -0.2) is 17.2 Å². The Balaban J connectivity index is 1.67. The topological polar surface area (TPSA) is 68.3 Å². The van der Waals surface area contributed by atoms with E-state index in [4.69, 9.17) is 11.6 Å². The van der Waals surface area contributed by atoms with Crippen LogP contribution in [0.25, 0.3) is 0 Å². The molecule has 0 aliphatic heterocycles. The predicted octanol–water partition coefficient (Wildman–Crippen LogP) is 6.56. The van der Waals surface area contributed by atoms with Crippen LogP contribution in [0.3, 0.4) is 0 Å². The standard InChI is InChI=1S/C27H23ClF2O4S/c28-20-5-8-22(9-6-20)35(33,34)27(24-16-21(29)7-10-25(24)30)13-11-18(12-14-27)15-26(32)23-4-2-1-3-19(23)17-31/h1-10,16-18H,11-15H2. The van der Waals surface area contributed by atoms with Crippen LogP contribution in [-0.4, -0.2) is 20.5 Å². The number of carbonyl (C=O) groups is 2. The maximum Gasteiger partial charge on any atom is 0.188 e. The number of halogens is 3. The summed E-state index contributed by atoms with van der Waals surface area (Å²) in [7, 11) is -4.14. The number of benzene rings is 3. The first-order chi connectivity index (χ1) is 16.7. The molecule has 4 nitrogen and oxygen atoms in total. The molecule has 1 aliphatic rings. The maximum absolute atomic E-state index is 15.0. The average Bonchev–Trinajstić information content (AvgIpc) is 2.86. The van der Waals surface area contributed by atoms with Crippen molar-refractivity contribution in [1.29, 1.82) is 0 Å². The van der Waals surface area contributed by atoms with Gasteiger partial charge in [-0.3, -0.25) is 9.59 Å². The minimum atomic E-state index is -4.14. The van der Waals surface area contributed by atoms with Gasteiger partial charge in [-0.05, 0) is 74.1 Å². The first kappa shape index (κ1) is 25.2. The molecule has 0 aromatic heterocycles. The van der Waals surface area contributed by atoms with E-state index in [2.05, 4.69) is 0 Å². The molecule has 8 heteroatoms. The van der Waals surface area contributed by atoms with Crippen molar-refractivity contribution in [1.82, 2.24) is 0 Å². The summed E-state index contributed by atoms with van der Waals surface area (Å²) in [6, 6.07) is 15.0. The second-order valence-corrected chi connectivity index (χ2v) is 11.5. The summed E-state index contributed by atoms with van der Waals surface area (Å²) in [5.41, 5.74) is 0.419. The highest BCUT2D eigenvalue weighted by Crippen LogP contribution is 2.50. The van der Waals surface area contributed by atoms with E-state index in [0.717, 1.165) is 18.2 Å². The second-order valence-electron chi connectivity index (χ2n) is 8.85. The average molecular weight is 517 g/mol. The quantitative estimate of drug-likeness (QED) is 0.263. The molecule has 3 aromatic carbocycles. The Morgan fingerprint density at radius 1 is 1.00 bits per heavy atom. The molecule has 0 heterocycles. The van der Waals surface area contributed by atoms with Gasteiger partial charge < -0.3 is 0 Å². The van der Waals surface area contributed by atoms with E-state index >= 15 is 0 Å². The minimum absolute atomic E-state index is 0.0195. The predicted molar refractivity (Wildman–Crippen MR) is 129 cm³/mol. The van der Waals surface area contributed by atoms with Gasteiger partial charge in [-0.15, -0.1) is 0 Å². The number of ketones is 1. The molecule has 0 bridgehead atoms. The molecular formula is C27H23ClF2O4S. The fourth-order valence-corrected chi connectivity index (χ4v) is 7.23. The lowest BCUT2D eigenvalue weighted by atomic mass is 9.75. The Hall–Kier alpha value is -2.90. The zero-order valence-electron chi connectivity index (χ0n) is 18.7. The van der Waals surface area contributed by atoms with Crippen molar-refractivity contribution in [2.75, 3.05) is 0 Å². The normalized spacial score (nSPS) is 20.4. The minimum Gasteiger partial charge on any atom is -0.298 e. The van der Waals surface area contributed by atoms with Crippen LogP contribution in [-0.2, 0) is 14.6 Å². The van der Waals surface area contributed by atoms with Crippen LogP contribution >= 0.6 is 11.6 Å². The lowest BCUT2D eigenvalue weighted by Crippen LogP contribution is -2.41. The van der Waals surface area contributed by atoms with Gasteiger partial charge in [0.05, 0.1) is 4.90 Å². The Labute approximate surface area is 207 Å². The summed E-state index contributed by atoms with van der Waals surface area (Å²) in [4.78, 5) is 24.1. The van der Waals surface area contributed by atoms with Gasteiger partial charge >= 0.3 is 0 Å². The van der Waals surface area contributed by atoms with Crippen LogP contribution in [0, 0.1) is 17.6 Å². The first-order valence-electron chi connectivity index (χ1n) is 11.2. The molecule has 4 rings (SSSR count). The molecule has 1 aliphatic carbocycles. The van der Waals surface area contributed by atoms with Gasteiger partial charge in [-0.1, -0.05) is 35.9 Å². The summed E-state index contributed by atoms with van der Waals surface area (Å²) in [5.74, 6) is -1.89. The van der Waals surface area contributed by atoms with Crippen molar-refractivity contribution in [3.8, 4) is 0 Å². The summed E-state index contributed by atoms with van der Waals surface area (Å²) >= 11 is 5.93. The molecule has 182 valence electrons. The summed E-state index contributed by atoms with van der Waals surface area (Å²) in [6.45, 7) is 0. The molecular weight excluding hydrogens is 494 g/mol. The van der Waals surface area contributed by atoms with Crippen molar-refractivity contribution < 1.29 is 26.8 Å². The highest BCUT2D eigenvalue weighted by Gasteiger charge is 2.50. The number of hydrogen-bond donors (Lipinski definition) is 0.